The van der Waals surface area contributed by atoms with Gasteiger partial charge in [-0.2, -0.15) is 0 Å². The molecule has 0 radical (unpaired) electrons. The highest BCUT2D eigenvalue weighted by molar-refractivity contribution is 5.70. The molecular formula is C27H39N3O12. The molecule has 3 aliphatic rings. The predicted molar refractivity (Wildman–Crippen MR) is 143 cm³/mol. The van der Waals surface area contributed by atoms with Crippen LogP contribution in [-0.4, -0.2) is 91.1 Å². The molecule has 0 bridgehead atoms. The van der Waals surface area contributed by atoms with Gasteiger partial charge in [0.15, 0.2) is 0 Å². The van der Waals surface area contributed by atoms with E-state index in [1.165, 1.54) is 0 Å². The molecule has 15 nitrogen and oxygen atoms in total. The van der Waals surface area contributed by atoms with Gasteiger partial charge in [0.05, 0.1) is 55.9 Å². The second-order valence-corrected chi connectivity index (χ2v) is 11.6. The highest BCUT2D eigenvalue weighted by Gasteiger charge is 2.40. The molecule has 3 saturated heterocycles. The van der Waals surface area contributed by atoms with E-state index < -0.39 is 54.6 Å². The Kier molecular flexibility index (Phi) is 9.73. The Labute approximate surface area is 241 Å². The first-order valence-corrected chi connectivity index (χ1v) is 14.2. The van der Waals surface area contributed by atoms with E-state index in [1.807, 2.05) is 20.8 Å². The van der Waals surface area contributed by atoms with E-state index in [9.17, 15) is 28.8 Å². The molecule has 0 saturated carbocycles. The lowest BCUT2D eigenvalue weighted by atomic mass is 9.84. The van der Waals surface area contributed by atoms with Crippen molar-refractivity contribution in [2.24, 2.45) is 16.2 Å². The summed E-state index contributed by atoms with van der Waals surface area (Å²) in [6.45, 7) is 5.80. The molecule has 3 fully saturated rings. The molecule has 0 unspecified atom stereocenters. The van der Waals surface area contributed by atoms with Crippen molar-refractivity contribution < 1.29 is 42.8 Å². The average Bonchev–Trinajstić information content (AvgIpc) is 2.90. The Morgan fingerprint density at radius 1 is 0.548 bits per heavy atom. The van der Waals surface area contributed by atoms with Gasteiger partial charge in [-0.3, -0.25) is 14.4 Å². The number of aromatic nitrogens is 3. The first-order valence-electron chi connectivity index (χ1n) is 14.2. The van der Waals surface area contributed by atoms with Crippen molar-refractivity contribution in [2.45, 2.75) is 59.7 Å². The number of carbonyl (C=O) groups is 3. The van der Waals surface area contributed by atoms with E-state index in [1.54, 1.807) is 0 Å². The van der Waals surface area contributed by atoms with Crippen LogP contribution in [0.4, 0.5) is 0 Å². The molecular weight excluding hydrogens is 558 g/mol. The SMILES string of the molecule is CCC1(COC(=O)Cn2c(=O)n(CC(=O)OCC3(CC)COC3)c(=O)n(CC(=O)OCC3(CC)COC3)c2=O)COC1. The van der Waals surface area contributed by atoms with Gasteiger partial charge in [-0.25, -0.2) is 28.1 Å². The number of rotatable bonds is 15. The zero-order valence-electron chi connectivity index (χ0n) is 24.3. The largest absolute Gasteiger partial charge is 0.464 e. The van der Waals surface area contributed by atoms with Gasteiger partial charge in [0.1, 0.15) is 39.5 Å². The van der Waals surface area contributed by atoms with E-state index in [0.717, 1.165) is 0 Å². The van der Waals surface area contributed by atoms with Crippen LogP contribution in [0.2, 0.25) is 0 Å². The average molecular weight is 598 g/mol. The monoisotopic (exact) mass is 597 g/mol. The number of ether oxygens (including phenoxy) is 6. The summed E-state index contributed by atoms with van der Waals surface area (Å²) < 4.78 is 33.0. The van der Waals surface area contributed by atoms with E-state index in [0.29, 0.717) is 72.6 Å². The van der Waals surface area contributed by atoms with E-state index in [-0.39, 0.29) is 36.1 Å². The van der Waals surface area contributed by atoms with Crippen molar-refractivity contribution in [3.8, 4) is 0 Å². The lowest BCUT2D eigenvalue weighted by molar-refractivity contribution is -0.171. The topological polar surface area (TPSA) is 173 Å². The Bertz CT molecular complexity index is 1140. The van der Waals surface area contributed by atoms with Crippen LogP contribution in [0.3, 0.4) is 0 Å². The summed E-state index contributed by atoms with van der Waals surface area (Å²) in [5.74, 6) is -2.71. The third-order valence-electron chi connectivity index (χ3n) is 8.56. The van der Waals surface area contributed by atoms with Crippen LogP contribution in [0.25, 0.3) is 0 Å². The smallest absolute Gasteiger partial charge is 0.337 e. The van der Waals surface area contributed by atoms with Gasteiger partial charge in [0.25, 0.3) is 0 Å². The van der Waals surface area contributed by atoms with Crippen molar-refractivity contribution in [1.82, 2.24) is 13.7 Å². The van der Waals surface area contributed by atoms with Crippen molar-refractivity contribution in [2.75, 3.05) is 59.5 Å². The molecule has 234 valence electrons. The number of carbonyl (C=O) groups excluding carboxylic acids is 3. The van der Waals surface area contributed by atoms with Crippen LogP contribution in [-0.2, 0) is 62.4 Å². The first-order chi connectivity index (χ1) is 20.0. The van der Waals surface area contributed by atoms with Gasteiger partial charge in [-0.15, -0.1) is 0 Å². The van der Waals surface area contributed by atoms with Crippen LogP contribution < -0.4 is 17.1 Å². The van der Waals surface area contributed by atoms with Gasteiger partial charge in [0, 0.05) is 0 Å². The summed E-state index contributed by atoms with van der Waals surface area (Å²) in [5, 5.41) is 0. The highest BCUT2D eigenvalue weighted by atomic mass is 16.6. The zero-order chi connectivity index (χ0) is 30.5. The fourth-order valence-electron chi connectivity index (χ4n) is 4.65. The standard InChI is InChI=1S/C27H39N3O12/c1-4-25(10-37-11-25)16-40-19(31)7-28-22(34)29(8-20(32)41-17-26(5-2)12-38-13-26)24(36)30(23(28)35)9-21(33)42-18-27(6-3)14-39-15-27/h4-18H2,1-3H3. The molecule has 0 N–H and O–H groups in total. The third-order valence-corrected chi connectivity index (χ3v) is 8.56. The van der Waals surface area contributed by atoms with E-state index in [2.05, 4.69) is 0 Å². The Morgan fingerprint density at radius 3 is 0.952 bits per heavy atom. The maximum absolute atomic E-state index is 13.2. The molecule has 0 spiro atoms. The predicted octanol–water partition coefficient (Wildman–Crippen LogP) is -0.919. The summed E-state index contributed by atoms with van der Waals surface area (Å²) >= 11 is 0. The number of esters is 3. The minimum atomic E-state index is -1.21. The minimum absolute atomic E-state index is 0.0232. The zero-order valence-corrected chi connectivity index (χ0v) is 24.3. The van der Waals surface area contributed by atoms with Gasteiger partial charge in [-0.05, 0) is 19.3 Å². The summed E-state index contributed by atoms with van der Waals surface area (Å²) in [4.78, 5) is 77.7. The first kappa shape index (κ1) is 31.6. The molecule has 4 heterocycles. The molecule has 0 atom stereocenters. The lowest BCUT2D eigenvalue weighted by Crippen LogP contribution is -2.57. The van der Waals surface area contributed by atoms with Crippen LogP contribution in [0.15, 0.2) is 14.4 Å². The molecule has 1 aromatic heterocycles. The molecule has 4 rings (SSSR count). The second kappa shape index (κ2) is 12.9. The number of hydrogen-bond acceptors (Lipinski definition) is 12. The fourth-order valence-corrected chi connectivity index (χ4v) is 4.65. The maximum Gasteiger partial charge on any atom is 0.337 e. The van der Waals surface area contributed by atoms with E-state index in [4.69, 9.17) is 28.4 Å². The van der Waals surface area contributed by atoms with Gasteiger partial charge in [0.2, 0.25) is 0 Å². The fraction of sp³-hybridized carbons (Fsp3) is 0.778. The molecule has 0 aliphatic carbocycles. The summed E-state index contributed by atoms with van der Waals surface area (Å²) in [6.07, 6.45) is 2.08. The van der Waals surface area contributed by atoms with Gasteiger partial charge < -0.3 is 28.4 Å². The van der Waals surface area contributed by atoms with Crippen molar-refractivity contribution in [3.05, 3.63) is 31.5 Å². The summed E-state index contributed by atoms with van der Waals surface area (Å²) in [5.41, 5.74) is -4.65. The summed E-state index contributed by atoms with van der Waals surface area (Å²) in [6, 6.07) is 0. The van der Waals surface area contributed by atoms with Gasteiger partial charge in [-0.1, -0.05) is 20.8 Å². The van der Waals surface area contributed by atoms with Crippen molar-refractivity contribution in [1.29, 1.82) is 0 Å². The van der Waals surface area contributed by atoms with Crippen LogP contribution >= 0.6 is 0 Å². The minimum Gasteiger partial charge on any atom is -0.464 e. The Morgan fingerprint density at radius 2 is 0.786 bits per heavy atom. The Balaban J connectivity index is 1.55. The maximum atomic E-state index is 13.2. The molecule has 42 heavy (non-hydrogen) atoms. The third kappa shape index (κ3) is 6.68. The molecule has 15 heteroatoms. The molecule has 1 aromatic rings. The summed E-state index contributed by atoms with van der Waals surface area (Å²) in [7, 11) is 0. The van der Waals surface area contributed by atoms with Crippen molar-refractivity contribution >= 4 is 17.9 Å². The van der Waals surface area contributed by atoms with E-state index >= 15 is 0 Å². The molecule has 3 aliphatic heterocycles. The van der Waals surface area contributed by atoms with Crippen molar-refractivity contribution in [3.63, 3.8) is 0 Å². The normalized spacial score (nSPS) is 19.5. The quantitative estimate of drug-likeness (QED) is 0.180. The Hall–Kier alpha value is -3.30. The number of nitrogens with zero attached hydrogens (tertiary/aromatic N) is 3. The lowest BCUT2D eigenvalue weighted by Gasteiger charge is -2.40. The van der Waals surface area contributed by atoms with Gasteiger partial charge >= 0.3 is 35.0 Å². The highest BCUT2D eigenvalue weighted by Crippen LogP contribution is 2.32. The second-order valence-electron chi connectivity index (χ2n) is 11.6. The van der Waals surface area contributed by atoms with Crippen LogP contribution in [0.5, 0.6) is 0 Å². The molecule has 0 amide bonds. The number of hydrogen-bond donors (Lipinski definition) is 0. The van der Waals surface area contributed by atoms with Crippen LogP contribution in [0.1, 0.15) is 40.0 Å². The molecule has 0 aromatic carbocycles. The van der Waals surface area contributed by atoms with Crippen LogP contribution in [0, 0.1) is 16.2 Å².